The third kappa shape index (κ3) is 5.97. The molecule has 3 aromatic carbocycles. The number of nitrogens with one attached hydrogen (secondary N) is 2. The number of aromatic nitrogens is 7. The van der Waals surface area contributed by atoms with Gasteiger partial charge in [0.15, 0.2) is 5.82 Å². The number of fused-ring (bicyclic) bond motifs is 1. The number of unbranched alkanes of at least 4 members (excludes halogenated alkanes) is 1. The Morgan fingerprint density at radius 2 is 1.71 bits per heavy atom. The highest BCUT2D eigenvalue weighted by atomic mass is 16.3. The van der Waals surface area contributed by atoms with Gasteiger partial charge >= 0.3 is 0 Å². The van der Waals surface area contributed by atoms with Crippen LogP contribution in [0.2, 0.25) is 0 Å². The molecule has 3 N–H and O–H groups in total. The third-order valence-corrected chi connectivity index (χ3v) is 7.13. The van der Waals surface area contributed by atoms with Crippen molar-refractivity contribution in [2.24, 2.45) is 0 Å². The van der Waals surface area contributed by atoms with Crippen molar-refractivity contribution in [2.45, 2.75) is 38.7 Å². The molecule has 8 heteroatoms. The summed E-state index contributed by atoms with van der Waals surface area (Å²) in [6, 6.07) is 28.2. The minimum atomic E-state index is -0.722. The van der Waals surface area contributed by atoms with E-state index in [2.05, 4.69) is 56.8 Å². The first-order valence-electron chi connectivity index (χ1n) is 13.9. The van der Waals surface area contributed by atoms with Crippen molar-refractivity contribution in [3.63, 3.8) is 0 Å². The molecular formula is C33H31N7O. The van der Waals surface area contributed by atoms with Gasteiger partial charge in [0, 0.05) is 29.4 Å². The molecule has 1 atom stereocenters. The highest BCUT2D eigenvalue weighted by Gasteiger charge is 2.18. The maximum absolute atomic E-state index is 11.3. The zero-order valence-electron chi connectivity index (χ0n) is 22.8. The molecule has 3 aromatic heterocycles. The number of hydrogen-bond donors (Lipinski definition) is 3. The van der Waals surface area contributed by atoms with E-state index in [4.69, 9.17) is 9.97 Å². The second kappa shape index (κ2) is 12.1. The molecule has 0 fully saturated rings. The summed E-state index contributed by atoms with van der Waals surface area (Å²) in [5, 5.41) is 26.7. The number of tetrazole rings is 1. The summed E-state index contributed by atoms with van der Waals surface area (Å²) in [6.07, 6.45) is 6.74. The van der Waals surface area contributed by atoms with Crippen molar-refractivity contribution in [1.29, 1.82) is 0 Å². The van der Waals surface area contributed by atoms with Gasteiger partial charge in [0.25, 0.3) is 0 Å². The Balaban J connectivity index is 1.25. The smallest absolute Gasteiger partial charge is 0.180 e. The van der Waals surface area contributed by atoms with Gasteiger partial charge < -0.3 is 10.1 Å². The standard InChI is InChI=1S/C33H31N7O/c1-2-3-13-31-35-29(18-14-22-9-5-4-6-10-22)32(36-31)30(41)21-23-15-17-27-24(20-23)16-19-28(34-27)25-11-7-8-12-26(25)33-37-39-40-38-33/h4-12,14-20,30,41H,2-3,13,21H2,1H3,(H,35,36)(H,37,38,39,40). The molecule has 0 radical (unpaired) electrons. The molecule has 1 unspecified atom stereocenters. The van der Waals surface area contributed by atoms with Crippen LogP contribution in [0.1, 0.15) is 54.2 Å². The zero-order valence-corrected chi connectivity index (χ0v) is 22.8. The molecule has 3 heterocycles. The lowest BCUT2D eigenvalue weighted by Crippen LogP contribution is -2.04. The first kappa shape index (κ1) is 26.3. The molecule has 204 valence electrons. The Morgan fingerprint density at radius 1 is 0.878 bits per heavy atom. The number of hydrogen-bond acceptors (Lipinski definition) is 6. The Morgan fingerprint density at radius 3 is 2.51 bits per heavy atom. The number of aryl methyl sites for hydroxylation is 1. The number of benzene rings is 3. The average Bonchev–Trinajstić information content (AvgIpc) is 3.70. The predicted molar refractivity (Wildman–Crippen MR) is 162 cm³/mol. The van der Waals surface area contributed by atoms with Crippen molar-refractivity contribution >= 4 is 23.1 Å². The average molecular weight is 542 g/mol. The highest BCUT2D eigenvalue weighted by molar-refractivity contribution is 5.85. The highest BCUT2D eigenvalue weighted by Crippen LogP contribution is 2.30. The number of imidazole rings is 1. The van der Waals surface area contributed by atoms with Crippen LogP contribution in [0, 0.1) is 0 Å². The zero-order chi connectivity index (χ0) is 28.0. The monoisotopic (exact) mass is 541 g/mol. The summed E-state index contributed by atoms with van der Waals surface area (Å²) in [5.41, 5.74) is 7.18. The number of aliphatic hydroxyl groups excluding tert-OH is 1. The normalized spacial score (nSPS) is 12.3. The number of pyridine rings is 1. The predicted octanol–water partition coefficient (Wildman–Crippen LogP) is 6.59. The Hall–Kier alpha value is -4.95. The number of aromatic amines is 2. The van der Waals surface area contributed by atoms with Crippen LogP contribution in [0.15, 0.2) is 84.9 Å². The van der Waals surface area contributed by atoms with Crippen LogP contribution in [0.5, 0.6) is 0 Å². The van der Waals surface area contributed by atoms with E-state index in [1.165, 1.54) is 0 Å². The van der Waals surface area contributed by atoms with Crippen LogP contribution in [0.3, 0.4) is 0 Å². The minimum absolute atomic E-state index is 0.459. The molecule has 0 saturated carbocycles. The van der Waals surface area contributed by atoms with Gasteiger partial charge in [0.2, 0.25) is 0 Å². The quantitative estimate of drug-likeness (QED) is 0.180. The van der Waals surface area contributed by atoms with Crippen LogP contribution in [-0.4, -0.2) is 40.7 Å². The number of nitrogens with zero attached hydrogens (tertiary/aromatic N) is 5. The van der Waals surface area contributed by atoms with Gasteiger partial charge in [-0.25, -0.2) is 15.1 Å². The Labute approximate surface area is 238 Å². The fourth-order valence-corrected chi connectivity index (χ4v) is 5.00. The summed E-state index contributed by atoms with van der Waals surface area (Å²) in [5.74, 6) is 1.51. The molecule has 0 bridgehead atoms. The molecule has 0 amide bonds. The molecule has 0 spiro atoms. The van der Waals surface area contributed by atoms with Crippen LogP contribution < -0.4 is 0 Å². The number of aliphatic hydroxyl groups is 1. The number of H-pyrrole nitrogens is 2. The van der Waals surface area contributed by atoms with Gasteiger partial charge in [-0.05, 0) is 52.2 Å². The van der Waals surface area contributed by atoms with Gasteiger partial charge in [-0.2, -0.15) is 0 Å². The summed E-state index contributed by atoms with van der Waals surface area (Å²) in [6.45, 7) is 2.17. The Bertz CT molecular complexity index is 1770. The van der Waals surface area contributed by atoms with Crippen molar-refractivity contribution in [2.75, 3.05) is 0 Å². The molecule has 41 heavy (non-hydrogen) atoms. The van der Waals surface area contributed by atoms with E-state index in [0.29, 0.717) is 12.2 Å². The van der Waals surface area contributed by atoms with Gasteiger partial charge in [0.05, 0.1) is 28.7 Å². The van der Waals surface area contributed by atoms with Crippen LogP contribution in [0.25, 0.3) is 45.7 Å². The van der Waals surface area contributed by atoms with E-state index in [-0.39, 0.29) is 0 Å². The minimum Gasteiger partial charge on any atom is -0.386 e. The Kier molecular flexibility index (Phi) is 7.73. The molecule has 6 aromatic rings. The summed E-state index contributed by atoms with van der Waals surface area (Å²) >= 11 is 0. The maximum Gasteiger partial charge on any atom is 0.180 e. The SMILES string of the molecule is CCCCc1nc(C=Cc2ccccc2)c(C(O)Cc2ccc3nc(-c4ccccc4-c4nnn[nH]4)ccc3c2)[nH]1. The summed E-state index contributed by atoms with van der Waals surface area (Å²) < 4.78 is 0. The van der Waals surface area contributed by atoms with Crippen molar-refractivity contribution in [3.05, 3.63) is 113 Å². The van der Waals surface area contributed by atoms with Crippen molar-refractivity contribution < 1.29 is 5.11 Å². The second-order valence-corrected chi connectivity index (χ2v) is 10.1. The van der Waals surface area contributed by atoms with Gasteiger partial charge in [-0.15, -0.1) is 5.10 Å². The molecule has 0 aliphatic carbocycles. The van der Waals surface area contributed by atoms with Crippen LogP contribution >= 0.6 is 0 Å². The van der Waals surface area contributed by atoms with Gasteiger partial charge in [-0.1, -0.05) is 86.2 Å². The molecule has 0 aliphatic heterocycles. The third-order valence-electron chi connectivity index (χ3n) is 7.13. The lowest BCUT2D eigenvalue weighted by molar-refractivity contribution is 0.174. The topological polar surface area (TPSA) is 116 Å². The fourth-order valence-electron chi connectivity index (χ4n) is 5.00. The first-order valence-corrected chi connectivity index (χ1v) is 13.9. The molecular weight excluding hydrogens is 510 g/mol. The van der Waals surface area contributed by atoms with E-state index < -0.39 is 6.10 Å². The van der Waals surface area contributed by atoms with E-state index in [1.54, 1.807) is 0 Å². The first-order chi connectivity index (χ1) is 20.2. The van der Waals surface area contributed by atoms with E-state index >= 15 is 0 Å². The van der Waals surface area contributed by atoms with Crippen LogP contribution in [-0.2, 0) is 12.8 Å². The molecule has 0 saturated heterocycles. The van der Waals surface area contributed by atoms with E-state index in [0.717, 1.165) is 75.3 Å². The van der Waals surface area contributed by atoms with Crippen LogP contribution in [0.4, 0.5) is 0 Å². The largest absolute Gasteiger partial charge is 0.386 e. The molecule has 0 aliphatic rings. The summed E-state index contributed by atoms with van der Waals surface area (Å²) in [7, 11) is 0. The van der Waals surface area contributed by atoms with Crippen molar-refractivity contribution in [3.8, 4) is 22.6 Å². The van der Waals surface area contributed by atoms with Gasteiger partial charge in [0.1, 0.15) is 5.82 Å². The van der Waals surface area contributed by atoms with E-state index in [1.807, 2.05) is 72.8 Å². The second-order valence-electron chi connectivity index (χ2n) is 10.1. The molecule has 6 rings (SSSR count). The van der Waals surface area contributed by atoms with E-state index in [9.17, 15) is 5.11 Å². The van der Waals surface area contributed by atoms with Gasteiger partial charge in [-0.3, -0.25) is 0 Å². The number of rotatable bonds is 10. The lowest BCUT2D eigenvalue weighted by Gasteiger charge is -2.12. The fraction of sp³-hybridized carbons (Fsp3) is 0.182. The van der Waals surface area contributed by atoms with Crippen molar-refractivity contribution in [1.82, 2.24) is 35.6 Å². The lowest BCUT2D eigenvalue weighted by atomic mass is 10.0. The summed E-state index contributed by atoms with van der Waals surface area (Å²) in [4.78, 5) is 13.1. The maximum atomic E-state index is 11.3. The molecule has 8 nitrogen and oxygen atoms in total.